The first kappa shape index (κ1) is 13.6. The van der Waals surface area contributed by atoms with Crippen LogP contribution in [-0.4, -0.2) is 23.5 Å². The zero-order valence-corrected chi connectivity index (χ0v) is 11.0. The normalized spacial score (nSPS) is 12.2. The van der Waals surface area contributed by atoms with E-state index in [9.17, 15) is 4.79 Å². The van der Waals surface area contributed by atoms with E-state index in [0.29, 0.717) is 18.4 Å². The van der Waals surface area contributed by atoms with Crippen molar-refractivity contribution in [2.24, 2.45) is 0 Å². The summed E-state index contributed by atoms with van der Waals surface area (Å²) in [7, 11) is 0. The van der Waals surface area contributed by atoms with Crippen LogP contribution in [0.1, 0.15) is 31.5 Å². The fourth-order valence-corrected chi connectivity index (χ4v) is 1.50. The van der Waals surface area contributed by atoms with Gasteiger partial charge in [0.2, 0.25) is 5.91 Å². The second-order valence-electron chi connectivity index (χ2n) is 4.41. The molecule has 0 fully saturated rings. The Hall–Kier alpha value is -1.42. The molecule has 4 heteroatoms. The minimum absolute atomic E-state index is 0.0530. The highest BCUT2D eigenvalue weighted by Gasteiger charge is 2.05. The number of aryl methyl sites for hydroxylation is 2. The van der Waals surface area contributed by atoms with Gasteiger partial charge in [-0.3, -0.25) is 4.79 Å². The molecule has 17 heavy (non-hydrogen) atoms. The molecule has 1 amide bonds. The Kier molecular flexibility index (Phi) is 5.10. The van der Waals surface area contributed by atoms with E-state index in [1.807, 2.05) is 26.0 Å². The summed E-state index contributed by atoms with van der Waals surface area (Å²) in [6.07, 6.45) is 1.01. The van der Waals surface area contributed by atoms with Crippen molar-refractivity contribution in [3.05, 3.63) is 23.4 Å². The van der Waals surface area contributed by atoms with Crippen molar-refractivity contribution in [1.29, 1.82) is 0 Å². The number of hydrogen-bond acceptors (Lipinski definition) is 3. The zero-order valence-electron chi connectivity index (χ0n) is 11.0. The van der Waals surface area contributed by atoms with Crippen molar-refractivity contribution in [2.45, 2.75) is 40.2 Å². The van der Waals surface area contributed by atoms with Gasteiger partial charge in [-0.25, -0.2) is 4.98 Å². The lowest BCUT2D eigenvalue weighted by atomic mass is 10.2. The molecular formula is C13H21N3O. The number of nitrogens with zero attached hydrogens (tertiary/aromatic N) is 1. The van der Waals surface area contributed by atoms with Gasteiger partial charge in [0.05, 0.1) is 6.54 Å². The third-order valence-electron chi connectivity index (χ3n) is 2.59. The van der Waals surface area contributed by atoms with Gasteiger partial charge < -0.3 is 10.6 Å². The van der Waals surface area contributed by atoms with Crippen LogP contribution in [-0.2, 0) is 4.79 Å². The van der Waals surface area contributed by atoms with Gasteiger partial charge in [0.1, 0.15) is 5.82 Å². The Morgan fingerprint density at radius 1 is 1.41 bits per heavy atom. The first-order chi connectivity index (χ1) is 8.01. The molecule has 1 atom stereocenters. The lowest BCUT2D eigenvalue weighted by Crippen LogP contribution is -2.34. The van der Waals surface area contributed by atoms with Gasteiger partial charge in [0, 0.05) is 11.7 Å². The lowest BCUT2D eigenvalue weighted by Gasteiger charge is -2.11. The van der Waals surface area contributed by atoms with Crippen LogP contribution in [0.2, 0.25) is 0 Å². The van der Waals surface area contributed by atoms with E-state index in [2.05, 4.69) is 29.5 Å². The summed E-state index contributed by atoms with van der Waals surface area (Å²) >= 11 is 0. The van der Waals surface area contributed by atoms with Crippen LogP contribution in [0.25, 0.3) is 0 Å². The van der Waals surface area contributed by atoms with Gasteiger partial charge in [-0.1, -0.05) is 6.92 Å². The van der Waals surface area contributed by atoms with Crippen LogP contribution in [0.4, 0.5) is 5.82 Å². The smallest absolute Gasteiger partial charge is 0.239 e. The summed E-state index contributed by atoms with van der Waals surface area (Å²) in [5.74, 6) is 0.571. The minimum Gasteiger partial charge on any atom is -0.310 e. The minimum atomic E-state index is -0.0530. The number of pyridine rings is 1. The van der Waals surface area contributed by atoms with Crippen LogP contribution in [0.5, 0.6) is 0 Å². The fraction of sp³-hybridized carbons (Fsp3) is 0.538. The maximum Gasteiger partial charge on any atom is 0.239 e. The molecule has 0 aromatic carbocycles. The van der Waals surface area contributed by atoms with Gasteiger partial charge >= 0.3 is 0 Å². The van der Waals surface area contributed by atoms with Gasteiger partial charge in [-0.05, 0) is 44.9 Å². The molecule has 0 saturated heterocycles. The Balaban J connectivity index is 2.50. The van der Waals surface area contributed by atoms with E-state index in [1.165, 1.54) is 0 Å². The molecule has 4 nitrogen and oxygen atoms in total. The summed E-state index contributed by atoms with van der Waals surface area (Å²) in [5, 5.41) is 5.93. The number of carbonyl (C=O) groups is 1. The van der Waals surface area contributed by atoms with Crippen molar-refractivity contribution < 1.29 is 4.79 Å². The molecule has 1 unspecified atom stereocenters. The molecule has 0 aliphatic rings. The van der Waals surface area contributed by atoms with Crippen LogP contribution in [0, 0.1) is 13.8 Å². The third-order valence-corrected chi connectivity index (χ3v) is 2.59. The van der Waals surface area contributed by atoms with Crippen molar-refractivity contribution in [3.8, 4) is 0 Å². The van der Waals surface area contributed by atoms with Crippen LogP contribution in [0.3, 0.4) is 0 Å². The Morgan fingerprint density at radius 2 is 2.12 bits per heavy atom. The first-order valence-electron chi connectivity index (χ1n) is 5.99. The summed E-state index contributed by atoms with van der Waals surface area (Å²) in [6.45, 7) is 8.37. The van der Waals surface area contributed by atoms with Gasteiger partial charge in [0.15, 0.2) is 0 Å². The van der Waals surface area contributed by atoms with Crippen LogP contribution in [0.15, 0.2) is 12.1 Å². The molecule has 1 aromatic rings. The highest BCUT2D eigenvalue weighted by Crippen LogP contribution is 2.08. The molecule has 0 radical (unpaired) electrons. The van der Waals surface area contributed by atoms with Crippen LogP contribution < -0.4 is 10.6 Å². The van der Waals surface area contributed by atoms with E-state index in [0.717, 1.165) is 17.7 Å². The topological polar surface area (TPSA) is 54.0 Å². The number of hydrogen-bond donors (Lipinski definition) is 2. The van der Waals surface area contributed by atoms with E-state index in [1.54, 1.807) is 0 Å². The highest BCUT2D eigenvalue weighted by molar-refractivity contribution is 5.91. The highest BCUT2D eigenvalue weighted by atomic mass is 16.1. The number of anilines is 1. The number of amides is 1. The van der Waals surface area contributed by atoms with Crippen molar-refractivity contribution in [2.75, 3.05) is 11.9 Å². The molecule has 0 bridgehead atoms. The Morgan fingerprint density at radius 3 is 2.71 bits per heavy atom. The van der Waals surface area contributed by atoms with Gasteiger partial charge in [-0.2, -0.15) is 0 Å². The second kappa shape index (κ2) is 6.35. The van der Waals surface area contributed by atoms with Crippen molar-refractivity contribution >= 4 is 11.7 Å². The molecule has 1 aromatic heterocycles. The monoisotopic (exact) mass is 235 g/mol. The maximum atomic E-state index is 11.6. The fourth-order valence-electron chi connectivity index (χ4n) is 1.50. The number of carbonyl (C=O) groups excluding carboxylic acids is 1. The molecule has 0 aliphatic heterocycles. The quantitative estimate of drug-likeness (QED) is 0.821. The van der Waals surface area contributed by atoms with Crippen molar-refractivity contribution in [3.63, 3.8) is 0 Å². The molecule has 0 aliphatic carbocycles. The lowest BCUT2D eigenvalue weighted by molar-refractivity contribution is -0.115. The predicted octanol–water partition coefficient (Wildman–Crippen LogP) is 2.03. The third kappa shape index (κ3) is 4.95. The predicted molar refractivity (Wildman–Crippen MR) is 70.1 cm³/mol. The average molecular weight is 235 g/mol. The average Bonchev–Trinajstić information content (AvgIpc) is 2.24. The summed E-state index contributed by atoms with van der Waals surface area (Å²) in [5.41, 5.74) is 2.01. The summed E-state index contributed by atoms with van der Waals surface area (Å²) < 4.78 is 0. The largest absolute Gasteiger partial charge is 0.310 e. The molecule has 2 N–H and O–H groups in total. The summed E-state index contributed by atoms with van der Waals surface area (Å²) in [6, 6.07) is 4.20. The van der Waals surface area contributed by atoms with Crippen LogP contribution >= 0.6 is 0 Å². The number of rotatable bonds is 5. The number of nitrogens with one attached hydrogen (secondary N) is 2. The van der Waals surface area contributed by atoms with E-state index in [-0.39, 0.29) is 5.91 Å². The Labute approximate surface area is 103 Å². The zero-order chi connectivity index (χ0) is 12.8. The summed E-state index contributed by atoms with van der Waals surface area (Å²) in [4.78, 5) is 15.9. The van der Waals surface area contributed by atoms with E-state index < -0.39 is 0 Å². The molecule has 1 heterocycles. The molecular weight excluding hydrogens is 214 g/mol. The SMILES string of the molecule is CCC(C)NCC(=O)Nc1cc(C)cc(C)n1. The Bertz CT molecular complexity index is 370. The first-order valence-corrected chi connectivity index (χ1v) is 5.99. The standard InChI is InChI=1S/C13H21N3O/c1-5-10(3)14-8-13(17)16-12-7-9(2)6-11(4)15-12/h6-7,10,14H,5,8H2,1-4H3,(H,15,16,17). The van der Waals surface area contributed by atoms with Gasteiger partial charge in [0.25, 0.3) is 0 Å². The van der Waals surface area contributed by atoms with Gasteiger partial charge in [-0.15, -0.1) is 0 Å². The molecule has 94 valence electrons. The number of aromatic nitrogens is 1. The maximum absolute atomic E-state index is 11.6. The molecule has 0 saturated carbocycles. The molecule has 1 rings (SSSR count). The van der Waals surface area contributed by atoms with E-state index in [4.69, 9.17) is 0 Å². The second-order valence-corrected chi connectivity index (χ2v) is 4.41. The molecule has 0 spiro atoms. The van der Waals surface area contributed by atoms with Crippen molar-refractivity contribution in [1.82, 2.24) is 10.3 Å². The van der Waals surface area contributed by atoms with E-state index >= 15 is 0 Å².